The van der Waals surface area contributed by atoms with Gasteiger partial charge >= 0.3 is 13.0 Å². The molecule has 0 bridgehead atoms. The molecule has 0 saturated heterocycles. The minimum atomic E-state index is -0.866. The van der Waals surface area contributed by atoms with Gasteiger partial charge in [-0.1, -0.05) is 0 Å². The molecule has 4 N–H and O–H groups in total. The van der Waals surface area contributed by atoms with Gasteiger partial charge in [0.15, 0.2) is 0 Å². The Balaban J connectivity index is 2.64. The second kappa shape index (κ2) is 4.91. The highest BCUT2D eigenvalue weighted by molar-refractivity contribution is 6.45. The smallest absolute Gasteiger partial charge is 0.374 e. The third-order valence-electron chi connectivity index (χ3n) is 1.82. The lowest BCUT2D eigenvalue weighted by atomic mass is 9.87. The van der Waals surface area contributed by atoms with Gasteiger partial charge in [0, 0.05) is 12.1 Å². The average Bonchev–Trinajstić information content (AvgIpc) is 2.48. The van der Waals surface area contributed by atoms with Crippen LogP contribution >= 0.6 is 0 Å². The van der Waals surface area contributed by atoms with Crippen molar-refractivity contribution in [1.82, 2.24) is 9.96 Å². The van der Waals surface area contributed by atoms with Crippen LogP contribution in [0.5, 0.6) is 11.8 Å². The van der Waals surface area contributed by atoms with Crippen molar-refractivity contribution in [3.05, 3.63) is 12.1 Å². The van der Waals surface area contributed by atoms with E-state index in [-0.39, 0.29) is 0 Å². The van der Waals surface area contributed by atoms with Crippen LogP contribution < -0.4 is 10.1 Å². The van der Waals surface area contributed by atoms with E-state index in [2.05, 4.69) is 10.1 Å². The van der Waals surface area contributed by atoms with E-state index in [1.807, 2.05) is 0 Å². The summed E-state index contributed by atoms with van der Waals surface area (Å²) in [4.78, 5) is 16.1. The zero-order valence-electron chi connectivity index (χ0n) is 8.91. The molecule has 0 aliphatic carbocycles. The summed E-state index contributed by atoms with van der Waals surface area (Å²) < 4.78 is 0.586. The Morgan fingerprint density at radius 2 is 2.00 bits per heavy atom. The van der Waals surface area contributed by atoms with E-state index in [0.29, 0.717) is 4.73 Å². The van der Waals surface area contributed by atoms with E-state index in [9.17, 15) is 15.0 Å². The van der Waals surface area contributed by atoms with E-state index in [1.165, 1.54) is 25.9 Å². The predicted octanol–water partition coefficient (Wildman–Crippen LogP) is -1.06. The molecule has 88 valence electrons. The third kappa shape index (κ3) is 2.91. The van der Waals surface area contributed by atoms with Crippen LogP contribution in [-0.2, 0) is 4.79 Å². The molecule has 0 radical (unpaired) electrons. The number of nitrogens with one attached hydrogen (secondary N) is 1. The summed E-state index contributed by atoms with van der Waals surface area (Å²) in [5.74, 6) is -1.53. The van der Waals surface area contributed by atoms with Gasteiger partial charge in [0.2, 0.25) is 11.8 Å². The van der Waals surface area contributed by atoms with Gasteiger partial charge in [-0.05, 0) is 13.7 Å². The highest BCUT2D eigenvalue weighted by Crippen LogP contribution is 2.18. The van der Waals surface area contributed by atoms with Crippen molar-refractivity contribution < 1.29 is 24.9 Å². The van der Waals surface area contributed by atoms with Crippen LogP contribution in [0, 0.1) is 0 Å². The Morgan fingerprint density at radius 1 is 1.50 bits per heavy atom. The molecule has 0 aliphatic heterocycles. The Morgan fingerprint density at radius 3 is 2.44 bits per heavy atom. The van der Waals surface area contributed by atoms with Crippen molar-refractivity contribution >= 4 is 13.0 Å². The van der Waals surface area contributed by atoms with Gasteiger partial charge in [0.1, 0.15) is 0 Å². The topological polar surface area (TPSA) is 104 Å². The minimum Gasteiger partial charge on any atom is -0.492 e. The van der Waals surface area contributed by atoms with Crippen LogP contribution in [0.3, 0.4) is 0 Å². The zero-order chi connectivity index (χ0) is 12.3. The molecular weight excluding hydrogens is 215 g/mol. The number of aromatic nitrogens is 1. The number of aromatic hydroxyl groups is 2. The summed E-state index contributed by atoms with van der Waals surface area (Å²) in [5.41, 5.74) is 0. The Hall–Kier alpha value is -1.67. The summed E-state index contributed by atoms with van der Waals surface area (Å²) in [6.07, 6.45) is 0. The first kappa shape index (κ1) is 12.4. The number of hydrogen-bond donors (Lipinski definition) is 4. The van der Waals surface area contributed by atoms with Crippen molar-refractivity contribution in [2.45, 2.75) is 19.8 Å². The fraction of sp³-hybridized carbons (Fsp3) is 0.375. The van der Waals surface area contributed by atoms with Crippen molar-refractivity contribution in [3.63, 3.8) is 0 Å². The molecule has 0 amide bonds. The highest BCUT2D eigenvalue weighted by atomic mass is 16.7. The van der Waals surface area contributed by atoms with Gasteiger partial charge in [-0.25, -0.2) is 4.79 Å². The average molecular weight is 228 g/mol. The van der Waals surface area contributed by atoms with Crippen LogP contribution in [0.4, 0.5) is 0 Å². The second-order valence-electron chi connectivity index (χ2n) is 3.32. The number of hydrogen-bond acceptors (Lipinski definition) is 6. The molecule has 0 aliphatic rings. The first-order valence-electron chi connectivity index (χ1n) is 4.67. The maximum atomic E-state index is 11.4. The van der Waals surface area contributed by atoms with Crippen molar-refractivity contribution in [2.24, 2.45) is 0 Å². The molecule has 1 aromatic rings. The molecule has 16 heavy (non-hydrogen) atoms. The lowest BCUT2D eigenvalue weighted by molar-refractivity contribution is -0.147. The van der Waals surface area contributed by atoms with Gasteiger partial charge in [-0.3, -0.25) is 0 Å². The SMILES string of the molecule is CB(O)NC(C)C(=O)On1c(O)ccc1O. The number of rotatable bonds is 4. The van der Waals surface area contributed by atoms with E-state index < -0.39 is 30.8 Å². The van der Waals surface area contributed by atoms with Crippen LogP contribution in [-0.4, -0.2) is 39.0 Å². The van der Waals surface area contributed by atoms with Crippen LogP contribution in [0.2, 0.25) is 6.82 Å². The fourth-order valence-corrected chi connectivity index (χ4v) is 1.09. The van der Waals surface area contributed by atoms with Crippen LogP contribution in [0.1, 0.15) is 6.92 Å². The van der Waals surface area contributed by atoms with Crippen molar-refractivity contribution in [2.75, 3.05) is 0 Å². The minimum absolute atomic E-state index is 0.393. The molecule has 7 nitrogen and oxygen atoms in total. The monoisotopic (exact) mass is 228 g/mol. The van der Waals surface area contributed by atoms with Gasteiger partial charge in [0.05, 0.1) is 6.04 Å². The molecule has 0 saturated carbocycles. The molecule has 1 atom stereocenters. The second-order valence-corrected chi connectivity index (χ2v) is 3.32. The van der Waals surface area contributed by atoms with E-state index in [1.54, 1.807) is 0 Å². The van der Waals surface area contributed by atoms with Crippen LogP contribution in [0.25, 0.3) is 0 Å². The molecule has 0 spiro atoms. The number of carbonyl (C=O) groups excluding carboxylic acids is 1. The van der Waals surface area contributed by atoms with Crippen LogP contribution in [0.15, 0.2) is 12.1 Å². The molecule has 0 aromatic carbocycles. The largest absolute Gasteiger partial charge is 0.492 e. The Labute approximate surface area is 92.4 Å². The molecule has 1 rings (SSSR count). The maximum Gasteiger partial charge on any atom is 0.374 e. The van der Waals surface area contributed by atoms with Crippen molar-refractivity contribution in [3.8, 4) is 11.8 Å². The molecule has 1 unspecified atom stereocenters. The Bertz CT molecular complexity index is 359. The van der Waals surface area contributed by atoms with Gasteiger partial charge < -0.3 is 25.3 Å². The molecule has 8 heteroatoms. The normalized spacial score (nSPS) is 12.2. The van der Waals surface area contributed by atoms with Gasteiger partial charge in [-0.2, -0.15) is 0 Å². The molecular formula is C8H13BN2O5. The first-order chi connectivity index (χ1) is 7.41. The van der Waals surface area contributed by atoms with Gasteiger partial charge in [-0.15, -0.1) is 4.73 Å². The van der Waals surface area contributed by atoms with Crippen molar-refractivity contribution in [1.29, 1.82) is 0 Å². The standard InChI is InChI=1S/C8H13BN2O5/c1-5(10-9(2)15)8(14)16-11-6(12)3-4-7(11)13/h3-5,10,12-13,15H,1-2H3. The predicted molar refractivity (Wildman–Crippen MR) is 55.8 cm³/mol. The Kier molecular flexibility index (Phi) is 3.80. The summed E-state index contributed by atoms with van der Waals surface area (Å²) in [7, 11) is -0.866. The van der Waals surface area contributed by atoms with Gasteiger partial charge in [0.25, 0.3) is 0 Å². The first-order valence-corrected chi connectivity index (χ1v) is 4.67. The highest BCUT2D eigenvalue weighted by Gasteiger charge is 2.20. The van der Waals surface area contributed by atoms with E-state index >= 15 is 0 Å². The zero-order valence-corrected chi connectivity index (χ0v) is 8.91. The summed E-state index contributed by atoms with van der Waals surface area (Å²) in [6, 6.07) is 1.58. The quantitative estimate of drug-likeness (QED) is 0.490. The fourth-order valence-electron chi connectivity index (χ4n) is 1.09. The molecule has 1 heterocycles. The lowest BCUT2D eigenvalue weighted by Gasteiger charge is -2.13. The third-order valence-corrected chi connectivity index (χ3v) is 1.82. The maximum absolute atomic E-state index is 11.4. The van der Waals surface area contributed by atoms with E-state index in [0.717, 1.165) is 0 Å². The lowest BCUT2D eigenvalue weighted by Crippen LogP contribution is -2.46. The summed E-state index contributed by atoms with van der Waals surface area (Å²) in [6.45, 7) is 2.93. The summed E-state index contributed by atoms with van der Waals surface area (Å²) in [5, 5.41) is 29.9. The molecule has 1 aromatic heterocycles. The number of nitrogens with zero attached hydrogens (tertiary/aromatic N) is 1. The van der Waals surface area contributed by atoms with E-state index in [4.69, 9.17) is 5.02 Å². The summed E-state index contributed by atoms with van der Waals surface area (Å²) >= 11 is 0. The number of carbonyl (C=O) groups is 1. The molecule has 0 fully saturated rings.